The van der Waals surface area contributed by atoms with Gasteiger partial charge in [-0.25, -0.2) is 13.6 Å². The third-order valence-corrected chi connectivity index (χ3v) is 5.53. The minimum absolute atomic E-state index is 0.101. The van der Waals surface area contributed by atoms with Crippen molar-refractivity contribution in [1.82, 2.24) is 10.6 Å². The van der Waals surface area contributed by atoms with Crippen LogP contribution in [0.3, 0.4) is 0 Å². The quantitative estimate of drug-likeness (QED) is 0.398. The number of rotatable bonds is 6. The van der Waals surface area contributed by atoms with Crippen LogP contribution in [0.4, 0.5) is 0 Å². The van der Waals surface area contributed by atoms with Crippen molar-refractivity contribution < 1.29 is 8.42 Å². The predicted octanol–water partition coefficient (Wildman–Crippen LogP) is 2.23. The maximum atomic E-state index is 11.4. The number of aliphatic imine (C=N–C) groups is 1. The Balaban J connectivity index is 1.99. The van der Waals surface area contributed by atoms with E-state index in [-0.39, 0.29) is 4.90 Å². The van der Waals surface area contributed by atoms with E-state index < -0.39 is 10.0 Å². The highest BCUT2D eigenvalue weighted by atomic mass is 32.2. The van der Waals surface area contributed by atoms with Crippen molar-refractivity contribution in [3.63, 3.8) is 0 Å². The lowest BCUT2D eigenvalue weighted by molar-refractivity contribution is 0.597. The smallest absolute Gasteiger partial charge is 0.238 e. The second-order valence-corrected chi connectivity index (χ2v) is 8.20. The highest BCUT2D eigenvalue weighted by Gasteiger charge is 2.08. The number of guanidine groups is 1. The van der Waals surface area contributed by atoms with Crippen LogP contribution in [0.25, 0.3) is 0 Å². The Morgan fingerprint density at radius 1 is 1.15 bits per heavy atom. The van der Waals surface area contributed by atoms with Crippen molar-refractivity contribution in [3.05, 3.63) is 59.2 Å². The van der Waals surface area contributed by atoms with Crippen LogP contribution in [0, 0.1) is 6.92 Å². The van der Waals surface area contributed by atoms with Gasteiger partial charge in [-0.2, -0.15) is 0 Å². The van der Waals surface area contributed by atoms with Gasteiger partial charge >= 0.3 is 0 Å². The van der Waals surface area contributed by atoms with E-state index in [1.165, 1.54) is 22.1 Å². The molecule has 0 radical (unpaired) electrons. The van der Waals surface area contributed by atoms with Crippen LogP contribution < -0.4 is 15.8 Å². The van der Waals surface area contributed by atoms with Crippen LogP contribution in [0.2, 0.25) is 0 Å². The van der Waals surface area contributed by atoms with E-state index in [1.54, 1.807) is 30.9 Å². The monoisotopic (exact) mass is 392 g/mol. The fourth-order valence-corrected chi connectivity index (χ4v) is 3.71. The molecule has 0 aliphatic carbocycles. The summed E-state index contributed by atoms with van der Waals surface area (Å²) in [7, 11) is -2.01. The zero-order valence-corrected chi connectivity index (χ0v) is 16.7. The molecule has 2 aromatic rings. The second-order valence-electron chi connectivity index (χ2n) is 5.79. The first-order valence-electron chi connectivity index (χ1n) is 8.03. The maximum Gasteiger partial charge on any atom is 0.238 e. The van der Waals surface area contributed by atoms with Crippen LogP contribution in [0.15, 0.2) is 57.2 Å². The summed E-state index contributed by atoms with van der Waals surface area (Å²) in [5, 5.41) is 11.6. The van der Waals surface area contributed by atoms with E-state index in [0.717, 1.165) is 5.56 Å². The first-order chi connectivity index (χ1) is 12.3. The molecule has 6 nitrogen and oxygen atoms in total. The number of primary sulfonamides is 1. The number of sulfonamides is 1. The average molecular weight is 393 g/mol. The molecule has 0 atom stereocenters. The maximum absolute atomic E-state index is 11.4. The molecule has 26 heavy (non-hydrogen) atoms. The Bertz CT molecular complexity index is 896. The fraction of sp³-hybridized carbons (Fsp3) is 0.278. The highest BCUT2D eigenvalue weighted by Crippen LogP contribution is 2.21. The topological polar surface area (TPSA) is 96.6 Å². The Kier molecular flexibility index (Phi) is 7.07. The van der Waals surface area contributed by atoms with Crippen LogP contribution in [0.5, 0.6) is 0 Å². The number of hydrogen-bond donors (Lipinski definition) is 3. The standard InChI is InChI=1S/C18H24N4O2S2/c1-13-7-8-15(17(9-13)25-3)12-22-18(20-2)21-11-14-5-4-6-16(10-14)26(19,23)24/h4-10H,11-12H2,1-3H3,(H2,19,23,24)(H2,20,21,22). The molecule has 0 aliphatic heterocycles. The zero-order valence-electron chi connectivity index (χ0n) is 15.1. The molecule has 0 bridgehead atoms. The van der Waals surface area contributed by atoms with Crippen LogP contribution in [-0.4, -0.2) is 27.7 Å². The molecule has 0 unspecified atom stereocenters. The lowest BCUT2D eigenvalue weighted by Crippen LogP contribution is -2.36. The number of aryl methyl sites for hydroxylation is 1. The molecule has 0 heterocycles. The summed E-state index contributed by atoms with van der Waals surface area (Å²) in [4.78, 5) is 5.54. The number of hydrogen-bond acceptors (Lipinski definition) is 4. The summed E-state index contributed by atoms with van der Waals surface area (Å²) >= 11 is 1.71. The van der Waals surface area contributed by atoms with Gasteiger partial charge in [0.25, 0.3) is 0 Å². The van der Waals surface area contributed by atoms with Gasteiger partial charge in [0.05, 0.1) is 4.90 Å². The first kappa shape index (κ1) is 20.3. The van der Waals surface area contributed by atoms with E-state index in [2.05, 4.69) is 47.0 Å². The van der Waals surface area contributed by atoms with Crippen molar-refractivity contribution in [3.8, 4) is 0 Å². The number of nitrogens with one attached hydrogen (secondary N) is 2. The second kappa shape index (κ2) is 9.07. The normalized spacial score (nSPS) is 12.1. The van der Waals surface area contributed by atoms with Gasteiger partial charge in [-0.3, -0.25) is 4.99 Å². The van der Waals surface area contributed by atoms with Crippen molar-refractivity contribution in [1.29, 1.82) is 0 Å². The Morgan fingerprint density at radius 3 is 2.54 bits per heavy atom. The molecule has 0 fully saturated rings. The van der Waals surface area contributed by atoms with Gasteiger partial charge < -0.3 is 10.6 Å². The lowest BCUT2D eigenvalue weighted by atomic mass is 10.1. The van der Waals surface area contributed by atoms with E-state index in [1.807, 2.05) is 6.07 Å². The van der Waals surface area contributed by atoms with E-state index in [4.69, 9.17) is 5.14 Å². The molecule has 8 heteroatoms. The minimum Gasteiger partial charge on any atom is -0.352 e. The van der Waals surface area contributed by atoms with Gasteiger partial charge in [0.1, 0.15) is 0 Å². The fourth-order valence-electron chi connectivity index (χ4n) is 2.42. The third kappa shape index (κ3) is 5.76. The molecule has 0 saturated heterocycles. The Morgan fingerprint density at radius 2 is 1.88 bits per heavy atom. The molecule has 2 aromatic carbocycles. The first-order valence-corrected chi connectivity index (χ1v) is 10.8. The number of thioether (sulfide) groups is 1. The van der Waals surface area contributed by atoms with Crippen molar-refractivity contribution in [2.45, 2.75) is 29.8 Å². The molecule has 0 amide bonds. The van der Waals surface area contributed by atoms with Gasteiger partial charge in [0.15, 0.2) is 5.96 Å². The van der Waals surface area contributed by atoms with E-state index >= 15 is 0 Å². The molecule has 2 rings (SSSR count). The Hall–Kier alpha value is -2.03. The van der Waals surface area contributed by atoms with E-state index in [9.17, 15) is 8.42 Å². The summed E-state index contributed by atoms with van der Waals surface area (Å²) in [6.45, 7) is 3.16. The van der Waals surface area contributed by atoms with Gasteiger partial charge in [-0.15, -0.1) is 11.8 Å². The number of nitrogens with zero attached hydrogens (tertiary/aromatic N) is 1. The zero-order chi connectivity index (χ0) is 19.2. The minimum atomic E-state index is -3.70. The highest BCUT2D eigenvalue weighted by molar-refractivity contribution is 7.98. The average Bonchev–Trinajstić information content (AvgIpc) is 2.62. The molecule has 140 valence electrons. The summed E-state index contributed by atoms with van der Waals surface area (Å²) in [6.07, 6.45) is 2.06. The van der Waals surface area contributed by atoms with E-state index in [0.29, 0.717) is 19.0 Å². The molecule has 0 aliphatic rings. The molecule has 0 spiro atoms. The Labute approximate surface area is 159 Å². The van der Waals surface area contributed by atoms with Crippen LogP contribution >= 0.6 is 11.8 Å². The van der Waals surface area contributed by atoms with Crippen molar-refractivity contribution in [2.75, 3.05) is 13.3 Å². The SMILES string of the molecule is CN=C(NCc1cccc(S(N)(=O)=O)c1)NCc1ccc(C)cc1SC. The van der Waals surface area contributed by atoms with Crippen molar-refractivity contribution >= 4 is 27.7 Å². The molecular formula is C18H24N4O2S2. The summed E-state index contributed by atoms with van der Waals surface area (Å²) in [5.41, 5.74) is 3.23. The van der Waals surface area contributed by atoms with Crippen molar-refractivity contribution in [2.24, 2.45) is 10.1 Å². The number of nitrogens with two attached hydrogens (primary N) is 1. The lowest BCUT2D eigenvalue weighted by Gasteiger charge is -2.14. The predicted molar refractivity (Wildman–Crippen MR) is 108 cm³/mol. The summed E-state index contributed by atoms with van der Waals surface area (Å²) in [6, 6.07) is 12.9. The number of benzene rings is 2. The largest absolute Gasteiger partial charge is 0.352 e. The molecule has 0 saturated carbocycles. The summed E-state index contributed by atoms with van der Waals surface area (Å²) in [5.74, 6) is 0.638. The molecule has 0 aromatic heterocycles. The third-order valence-electron chi connectivity index (χ3n) is 3.80. The molecule has 4 N–H and O–H groups in total. The van der Waals surface area contributed by atoms with Gasteiger partial charge in [-0.05, 0) is 48.1 Å². The summed E-state index contributed by atoms with van der Waals surface area (Å²) < 4.78 is 22.9. The van der Waals surface area contributed by atoms with Gasteiger partial charge in [-0.1, -0.05) is 24.3 Å². The van der Waals surface area contributed by atoms with Crippen LogP contribution in [-0.2, 0) is 23.1 Å². The van der Waals surface area contributed by atoms with Gasteiger partial charge in [0, 0.05) is 25.0 Å². The van der Waals surface area contributed by atoms with Crippen LogP contribution in [0.1, 0.15) is 16.7 Å². The van der Waals surface area contributed by atoms with Gasteiger partial charge in [0.2, 0.25) is 10.0 Å². The molecular weight excluding hydrogens is 368 g/mol.